The summed E-state index contributed by atoms with van der Waals surface area (Å²) in [5.41, 5.74) is -6.78. The second-order valence-corrected chi connectivity index (χ2v) is 24.3. The highest BCUT2D eigenvalue weighted by Crippen LogP contribution is 2.72. The number of ether oxygens (including phenoxy) is 7. The molecule has 5 fully saturated rings. The van der Waals surface area contributed by atoms with Gasteiger partial charge in [0.15, 0.2) is 29.9 Å². The summed E-state index contributed by atoms with van der Waals surface area (Å²) in [4.78, 5) is 64.3. The molecule has 0 radical (unpaired) electrons. The molecule has 7 rings (SSSR count). The van der Waals surface area contributed by atoms with Gasteiger partial charge in [0.25, 0.3) is 0 Å². The third kappa shape index (κ3) is 12.4. The molecule has 4 saturated carbocycles. The van der Waals surface area contributed by atoms with Gasteiger partial charge in [0, 0.05) is 66.1 Å². The summed E-state index contributed by atoms with van der Waals surface area (Å²) in [6, 6.07) is 0. The summed E-state index contributed by atoms with van der Waals surface area (Å²) in [5, 5.41) is 20.1. The van der Waals surface area contributed by atoms with Crippen LogP contribution in [0.15, 0.2) is 23.8 Å². The summed E-state index contributed by atoms with van der Waals surface area (Å²) in [5.74, 6) is 5.79. The number of allylic oxidation sites excluding steroid dienone is 4. The number of hydrogen-bond donors (Lipinski definition) is 4. The molecule has 7 aliphatic rings. The smallest absolute Gasteiger partial charge is 0.407 e. The van der Waals surface area contributed by atoms with Crippen molar-refractivity contribution in [1.82, 2.24) is 16.0 Å². The Bertz CT molecular complexity index is 2070. The predicted molar refractivity (Wildman–Crippen MR) is 266 cm³/mol. The maximum Gasteiger partial charge on any atom is 0.407 e. The van der Waals surface area contributed by atoms with E-state index in [1.807, 2.05) is 20.8 Å². The van der Waals surface area contributed by atoms with Gasteiger partial charge in [-0.1, -0.05) is 47.9 Å². The standard InChI is InChI=1S/C52H75F2N3O13S2/c1-6-11-45-69-43-28-37-38-27-40(53)39-26-33(58)14-15-49(39,4)51(38,54)41(59)29-50(37,5)52(43,70-45)42(60)32-68-47(63)57-18-25-71-72-48(2,3)30-44(61)55-16-19-64-21-23-66-24-22-65-20-17-56-46(62)67-31-36-34-12-9-7-8-10-13-35(34)36/h14-15,26,34-38,40-41,43,45,59H,6,9-13,16-25,27-32H2,1-5H3,(H,55,61)(H,56,62)(H,57,63)/t34-,35+,36?,37?,38-,40-,41-,43+,45?,49-,50-,51-,52+/m0/s1. The van der Waals surface area contributed by atoms with E-state index in [9.17, 15) is 29.1 Å². The SMILES string of the molecule is CCCC1O[C@@H]2CC3[C@@H]4C[C@H](F)C5=CC(=O)C=C[C@]5(C)[C@@]4(F)[C@@H](O)C[C@]3(C)[C@]2(C(=O)COC(=O)NCCSSC(C)(C)CC(=O)NCCOCCOCCOCCNC(=O)OCC2[C@H]3CCC#CCC[C@@H]23)O1. The van der Waals surface area contributed by atoms with Gasteiger partial charge in [-0.2, -0.15) is 0 Å². The van der Waals surface area contributed by atoms with Crippen molar-refractivity contribution in [2.24, 2.45) is 40.4 Å². The maximum absolute atomic E-state index is 17.8. The molecule has 16 nitrogen and oxygen atoms in total. The molecule has 0 spiro atoms. The molecule has 1 saturated heterocycles. The Morgan fingerprint density at radius 2 is 1.54 bits per heavy atom. The minimum Gasteiger partial charge on any atom is -0.449 e. The Kier molecular flexibility index (Phi) is 19.3. The number of hydrogen-bond acceptors (Lipinski definition) is 15. The zero-order valence-corrected chi connectivity index (χ0v) is 44.0. The monoisotopic (exact) mass is 1050 g/mol. The van der Waals surface area contributed by atoms with E-state index >= 15 is 8.78 Å². The largest absolute Gasteiger partial charge is 0.449 e. The van der Waals surface area contributed by atoms with Gasteiger partial charge in [-0.25, -0.2) is 18.4 Å². The first-order valence-electron chi connectivity index (χ1n) is 25.8. The Hall–Kier alpha value is -3.29. The minimum atomic E-state index is -2.33. The van der Waals surface area contributed by atoms with Crippen molar-refractivity contribution in [2.75, 3.05) is 78.2 Å². The third-order valence-electron chi connectivity index (χ3n) is 16.1. The Balaban J connectivity index is 0.727. The molecule has 6 aliphatic carbocycles. The number of amides is 3. The van der Waals surface area contributed by atoms with Crippen LogP contribution in [-0.2, 0) is 47.5 Å². The molecule has 0 aromatic rings. The average Bonchev–Trinajstić information content (AvgIpc) is 3.70. The van der Waals surface area contributed by atoms with Crippen LogP contribution in [-0.4, -0.2) is 154 Å². The number of rotatable bonds is 26. The number of carbonyl (C=O) groups excluding carboxylic acids is 5. The first-order chi connectivity index (χ1) is 34.4. The number of aliphatic hydroxyl groups is 1. The lowest BCUT2D eigenvalue weighted by molar-refractivity contribution is -0.234. The van der Waals surface area contributed by atoms with Crippen LogP contribution in [0.5, 0.6) is 0 Å². The van der Waals surface area contributed by atoms with Crippen LogP contribution in [0.3, 0.4) is 0 Å². The summed E-state index contributed by atoms with van der Waals surface area (Å²) >= 11 is 0. The lowest BCUT2D eigenvalue weighted by Gasteiger charge is -2.63. The lowest BCUT2D eigenvalue weighted by atomic mass is 9.44. The number of fused-ring (bicyclic) bond motifs is 8. The van der Waals surface area contributed by atoms with E-state index in [0.717, 1.165) is 31.8 Å². The molecule has 0 aromatic carbocycles. The van der Waals surface area contributed by atoms with Crippen molar-refractivity contribution in [2.45, 2.75) is 140 Å². The second kappa shape index (κ2) is 24.6. The van der Waals surface area contributed by atoms with Gasteiger partial charge in [-0.15, -0.1) is 11.8 Å². The maximum atomic E-state index is 17.8. The number of carbonyl (C=O) groups is 5. The van der Waals surface area contributed by atoms with Gasteiger partial charge in [-0.05, 0) is 101 Å². The number of nitrogens with one attached hydrogen (secondary N) is 3. The van der Waals surface area contributed by atoms with Crippen LogP contribution in [0.4, 0.5) is 18.4 Å². The van der Waals surface area contributed by atoms with Crippen LogP contribution in [0, 0.1) is 52.3 Å². The van der Waals surface area contributed by atoms with Crippen LogP contribution >= 0.6 is 21.6 Å². The van der Waals surface area contributed by atoms with Crippen molar-refractivity contribution in [3.05, 3.63) is 23.8 Å². The average molecular weight is 1050 g/mol. The van der Waals surface area contributed by atoms with Gasteiger partial charge < -0.3 is 54.2 Å². The van der Waals surface area contributed by atoms with Crippen molar-refractivity contribution < 1.29 is 71.0 Å². The van der Waals surface area contributed by atoms with Gasteiger partial charge in [0.2, 0.25) is 11.7 Å². The summed E-state index contributed by atoms with van der Waals surface area (Å²) in [6.07, 6.45) is 2.83. The van der Waals surface area contributed by atoms with E-state index in [4.69, 9.17) is 33.2 Å². The first-order valence-corrected chi connectivity index (χ1v) is 28.1. The Morgan fingerprint density at radius 1 is 0.903 bits per heavy atom. The van der Waals surface area contributed by atoms with Crippen LogP contribution in [0.1, 0.15) is 98.8 Å². The molecule has 0 bridgehead atoms. The highest BCUT2D eigenvalue weighted by atomic mass is 33.1. The molecule has 72 heavy (non-hydrogen) atoms. The number of alkyl halides is 2. The topological polar surface area (TPSA) is 206 Å². The van der Waals surface area contributed by atoms with Crippen LogP contribution < -0.4 is 16.0 Å². The van der Waals surface area contributed by atoms with Crippen molar-refractivity contribution in [3.8, 4) is 11.8 Å². The molecular formula is C52H75F2N3O13S2. The summed E-state index contributed by atoms with van der Waals surface area (Å²) < 4.78 is 73.7. The molecule has 1 heterocycles. The zero-order valence-electron chi connectivity index (χ0n) is 42.4. The van der Waals surface area contributed by atoms with Crippen LogP contribution in [0.25, 0.3) is 0 Å². The number of halogens is 2. The quantitative estimate of drug-likeness (QED) is 0.0422. The fourth-order valence-corrected chi connectivity index (χ4v) is 15.0. The number of aliphatic hydroxyl groups excluding tert-OH is 1. The van der Waals surface area contributed by atoms with Crippen LogP contribution in [0.2, 0.25) is 0 Å². The van der Waals surface area contributed by atoms with E-state index in [2.05, 4.69) is 27.8 Å². The fraction of sp³-hybridized carbons (Fsp3) is 0.788. The second-order valence-electron chi connectivity index (χ2n) is 21.2. The fourth-order valence-electron chi connectivity index (χ4n) is 12.6. The highest BCUT2D eigenvalue weighted by Gasteiger charge is 2.80. The van der Waals surface area contributed by atoms with E-state index in [1.54, 1.807) is 6.92 Å². The van der Waals surface area contributed by atoms with Gasteiger partial charge in [-0.3, -0.25) is 14.4 Å². The predicted octanol–water partition coefficient (Wildman–Crippen LogP) is 6.37. The normalized spacial score (nSPS) is 35.1. The Morgan fingerprint density at radius 3 is 2.22 bits per heavy atom. The molecule has 20 heteroatoms. The highest BCUT2D eigenvalue weighted by molar-refractivity contribution is 8.77. The summed E-state index contributed by atoms with van der Waals surface area (Å²) in [6.45, 7) is 12.0. The van der Waals surface area contributed by atoms with Gasteiger partial charge >= 0.3 is 12.2 Å². The minimum absolute atomic E-state index is 0.0154. The van der Waals surface area contributed by atoms with Gasteiger partial charge in [0.05, 0.1) is 58.5 Å². The first kappa shape index (κ1) is 56.4. The molecule has 3 unspecified atom stereocenters. The molecular weight excluding hydrogens is 977 g/mol. The molecule has 0 aromatic heterocycles. The van der Waals surface area contributed by atoms with E-state index in [1.165, 1.54) is 40.7 Å². The van der Waals surface area contributed by atoms with E-state index < -0.39 is 93.7 Å². The number of alkyl carbamates (subject to hydrolysis) is 2. The molecule has 4 N–H and O–H groups in total. The molecule has 13 atom stereocenters. The lowest BCUT2D eigenvalue weighted by Crippen LogP contribution is -2.71. The summed E-state index contributed by atoms with van der Waals surface area (Å²) in [7, 11) is 2.98. The van der Waals surface area contributed by atoms with E-state index in [-0.39, 0.29) is 43.7 Å². The van der Waals surface area contributed by atoms with Crippen molar-refractivity contribution in [1.29, 1.82) is 0 Å². The van der Waals surface area contributed by atoms with Crippen molar-refractivity contribution >= 4 is 51.2 Å². The zero-order chi connectivity index (χ0) is 51.7. The number of Topliss-reactive ketones (excluding diaryl/α,β-unsaturated/α-hetero) is 1. The molecule has 3 amide bonds. The Labute approximate surface area is 430 Å². The molecule has 402 valence electrons. The third-order valence-corrected chi connectivity index (χ3v) is 19.4. The van der Waals surface area contributed by atoms with E-state index in [0.29, 0.717) is 95.7 Å². The van der Waals surface area contributed by atoms with Crippen molar-refractivity contribution in [3.63, 3.8) is 0 Å². The number of ketones is 2. The van der Waals surface area contributed by atoms with Gasteiger partial charge in [0.1, 0.15) is 6.17 Å². The molecule has 1 aliphatic heterocycles.